The first-order valence-corrected chi connectivity index (χ1v) is 5.89. The first kappa shape index (κ1) is 10.4. The van der Waals surface area contributed by atoms with Crippen LogP contribution >= 0.6 is 0 Å². The fourth-order valence-corrected chi connectivity index (χ4v) is 2.65. The summed E-state index contributed by atoms with van der Waals surface area (Å²) in [6.07, 6.45) is 3.70. The molecule has 3 atom stereocenters. The highest BCUT2D eigenvalue weighted by atomic mass is 16.3. The molecule has 2 aliphatic heterocycles. The molecule has 3 heteroatoms. The van der Waals surface area contributed by atoms with Gasteiger partial charge in [-0.25, -0.2) is 0 Å². The molecule has 0 aromatic heterocycles. The van der Waals surface area contributed by atoms with Crippen LogP contribution in [-0.4, -0.2) is 48.3 Å². The molecule has 3 nitrogen and oxygen atoms in total. The SMILES string of the molecule is CC(O)C1CCN(CC2CCCN2)C1. The van der Waals surface area contributed by atoms with E-state index in [4.69, 9.17) is 0 Å². The van der Waals surface area contributed by atoms with Gasteiger partial charge >= 0.3 is 0 Å². The summed E-state index contributed by atoms with van der Waals surface area (Å²) in [6, 6.07) is 0.711. The molecule has 0 radical (unpaired) electrons. The van der Waals surface area contributed by atoms with E-state index >= 15 is 0 Å². The van der Waals surface area contributed by atoms with Crippen LogP contribution in [0.2, 0.25) is 0 Å². The second kappa shape index (κ2) is 4.60. The van der Waals surface area contributed by atoms with Crippen molar-refractivity contribution in [2.75, 3.05) is 26.2 Å². The van der Waals surface area contributed by atoms with Gasteiger partial charge in [-0.15, -0.1) is 0 Å². The molecule has 0 aromatic carbocycles. The maximum Gasteiger partial charge on any atom is 0.0552 e. The molecule has 82 valence electrons. The lowest BCUT2D eigenvalue weighted by molar-refractivity contribution is 0.127. The number of rotatable bonds is 3. The number of likely N-dealkylation sites (tertiary alicyclic amines) is 1. The summed E-state index contributed by atoms with van der Waals surface area (Å²) in [6.45, 7) is 6.56. The Labute approximate surface area is 86.5 Å². The van der Waals surface area contributed by atoms with Gasteiger partial charge in [0.15, 0.2) is 0 Å². The number of nitrogens with one attached hydrogen (secondary N) is 1. The zero-order chi connectivity index (χ0) is 9.97. The van der Waals surface area contributed by atoms with Gasteiger partial charge in [0.2, 0.25) is 0 Å². The Morgan fingerprint density at radius 2 is 2.36 bits per heavy atom. The van der Waals surface area contributed by atoms with E-state index < -0.39 is 0 Å². The smallest absolute Gasteiger partial charge is 0.0552 e. The molecule has 3 unspecified atom stereocenters. The summed E-state index contributed by atoms with van der Waals surface area (Å²) >= 11 is 0. The molecule has 2 heterocycles. The van der Waals surface area contributed by atoms with Crippen molar-refractivity contribution < 1.29 is 5.11 Å². The minimum absolute atomic E-state index is 0.128. The number of aliphatic hydroxyl groups excluding tert-OH is 1. The Balaban J connectivity index is 1.72. The summed E-state index contributed by atoms with van der Waals surface area (Å²) in [7, 11) is 0. The highest BCUT2D eigenvalue weighted by molar-refractivity contribution is 4.84. The second-order valence-electron chi connectivity index (χ2n) is 4.84. The molecular formula is C11H22N2O. The van der Waals surface area contributed by atoms with Crippen LogP contribution in [0.5, 0.6) is 0 Å². The van der Waals surface area contributed by atoms with E-state index in [1.54, 1.807) is 0 Å². The molecule has 2 N–H and O–H groups in total. The van der Waals surface area contributed by atoms with E-state index in [0.717, 1.165) is 6.54 Å². The van der Waals surface area contributed by atoms with Gasteiger partial charge in [0.25, 0.3) is 0 Å². The van der Waals surface area contributed by atoms with Crippen molar-refractivity contribution in [1.29, 1.82) is 0 Å². The standard InChI is InChI=1S/C11H22N2O/c1-9(14)10-4-6-13(7-10)8-11-3-2-5-12-11/h9-12,14H,2-8H2,1H3. The zero-order valence-electron chi connectivity index (χ0n) is 9.08. The van der Waals surface area contributed by atoms with Gasteiger partial charge in [-0.3, -0.25) is 0 Å². The highest BCUT2D eigenvalue weighted by Crippen LogP contribution is 2.20. The second-order valence-corrected chi connectivity index (χ2v) is 4.84. The van der Waals surface area contributed by atoms with Crippen LogP contribution in [0.25, 0.3) is 0 Å². The molecule has 2 aliphatic rings. The van der Waals surface area contributed by atoms with Crippen molar-refractivity contribution in [2.24, 2.45) is 5.92 Å². The largest absolute Gasteiger partial charge is 0.393 e. The van der Waals surface area contributed by atoms with Crippen LogP contribution in [0.3, 0.4) is 0 Å². The monoisotopic (exact) mass is 198 g/mol. The average Bonchev–Trinajstić information content (AvgIpc) is 2.75. The third-order valence-electron chi connectivity index (χ3n) is 3.63. The van der Waals surface area contributed by atoms with E-state index in [2.05, 4.69) is 10.2 Å². The maximum atomic E-state index is 9.49. The molecule has 2 rings (SSSR count). The summed E-state index contributed by atoms with van der Waals surface area (Å²) in [5.74, 6) is 0.511. The Morgan fingerprint density at radius 3 is 2.93 bits per heavy atom. The lowest BCUT2D eigenvalue weighted by atomic mass is 10.0. The number of aliphatic hydroxyl groups is 1. The summed E-state index contributed by atoms with van der Waals surface area (Å²) < 4.78 is 0. The number of nitrogens with zero attached hydrogens (tertiary/aromatic N) is 1. The molecule has 14 heavy (non-hydrogen) atoms. The van der Waals surface area contributed by atoms with Crippen molar-refractivity contribution in [3.8, 4) is 0 Å². The number of hydrogen-bond acceptors (Lipinski definition) is 3. The van der Waals surface area contributed by atoms with Gasteiger partial charge in [-0.2, -0.15) is 0 Å². The van der Waals surface area contributed by atoms with Crippen molar-refractivity contribution in [3.63, 3.8) is 0 Å². The van der Waals surface area contributed by atoms with Crippen molar-refractivity contribution in [1.82, 2.24) is 10.2 Å². The Morgan fingerprint density at radius 1 is 1.50 bits per heavy atom. The predicted molar refractivity (Wildman–Crippen MR) is 57.3 cm³/mol. The van der Waals surface area contributed by atoms with E-state index in [1.807, 2.05) is 6.92 Å². The van der Waals surface area contributed by atoms with Gasteiger partial charge in [-0.05, 0) is 45.2 Å². The predicted octanol–water partition coefficient (Wildman–Crippen LogP) is 0.441. The molecular weight excluding hydrogens is 176 g/mol. The van der Waals surface area contributed by atoms with Gasteiger partial charge < -0.3 is 15.3 Å². The van der Waals surface area contributed by atoms with Crippen LogP contribution in [0.4, 0.5) is 0 Å². The lowest BCUT2D eigenvalue weighted by Crippen LogP contribution is -2.36. The molecule has 0 saturated carbocycles. The van der Waals surface area contributed by atoms with Gasteiger partial charge in [0.05, 0.1) is 6.10 Å². The molecule has 0 amide bonds. The van der Waals surface area contributed by atoms with E-state index in [1.165, 1.54) is 38.9 Å². The summed E-state index contributed by atoms with van der Waals surface area (Å²) in [5.41, 5.74) is 0. The van der Waals surface area contributed by atoms with Crippen molar-refractivity contribution in [2.45, 2.75) is 38.3 Å². The number of hydrogen-bond donors (Lipinski definition) is 2. The van der Waals surface area contributed by atoms with Crippen molar-refractivity contribution >= 4 is 0 Å². The van der Waals surface area contributed by atoms with E-state index in [-0.39, 0.29) is 6.10 Å². The first-order valence-electron chi connectivity index (χ1n) is 5.89. The fraction of sp³-hybridized carbons (Fsp3) is 1.00. The van der Waals surface area contributed by atoms with Gasteiger partial charge in [-0.1, -0.05) is 0 Å². The van der Waals surface area contributed by atoms with Crippen LogP contribution < -0.4 is 5.32 Å². The third kappa shape index (κ3) is 2.47. The minimum Gasteiger partial charge on any atom is -0.393 e. The third-order valence-corrected chi connectivity index (χ3v) is 3.63. The highest BCUT2D eigenvalue weighted by Gasteiger charge is 2.27. The molecule has 0 aliphatic carbocycles. The van der Waals surface area contributed by atoms with E-state index in [0.29, 0.717) is 12.0 Å². The van der Waals surface area contributed by atoms with Crippen LogP contribution in [0.15, 0.2) is 0 Å². The van der Waals surface area contributed by atoms with Gasteiger partial charge in [0.1, 0.15) is 0 Å². The van der Waals surface area contributed by atoms with Crippen LogP contribution in [-0.2, 0) is 0 Å². The lowest BCUT2D eigenvalue weighted by Gasteiger charge is -2.21. The molecule has 0 aromatic rings. The summed E-state index contributed by atoms with van der Waals surface area (Å²) in [4.78, 5) is 2.50. The molecule has 0 bridgehead atoms. The minimum atomic E-state index is -0.128. The van der Waals surface area contributed by atoms with Crippen molar-refractivity contribution in [3.05, 3.63) is 0 Å². The normalized spacial score (nSPS) is 36.4. The van der Waals surface area contributed by atoms with Gasteiger partial charge in [0, 0.05) is 19.1 Å². The molecule has 2 saturated heterocycles. The quantitative estimate of drug-likeness (QED) is 0.691. The van der Waals surface area contributed by atoms with Crippen LogP contribution in [0, 0.1) is 5.92 Å². The average molecular weight is 198 g/mol. The Bertz CT molecular complexity index is 178. The molecule has 0 spiro atoms. The Hall–Kier alpha value is -0.120. The first-order chi connectivity index (χ1) is 6.75. The topological polar surface area (TPSA) is 35.5 Å². The zero-order valence-corrected chi connectivity index (χ0v) is 9.08. The summed E-state index contributed by atoms with van der Waals surface area (Å²) in [5, 5.41) is 13.0. The Kier molecular flexibility index (Phi) is 3.42. The van der Waals surface area contributed by atoms with E-state index in [9.17, 15) is 5.11 Å². The fourth-order valence-electron chi connectivity index (χ4n) is 2.65. The molecule has 2 fully saturated rings. The van der Waals surface area contributed by atoms with Crippen LogP contribution in [0.1, 0.15) is 26.2 Å². The maximum absolute atomic E-state index is 9.49.